The molecule has 0 bridgehead atoms. The van der Waals surface area contributed by atoms with E-state index in [2.05, 4.69) is 20.5 Å². The van der Waals surface area contributed by atoms with Gasteiger partial charge in [0.2, 0.25) is 23.6 Å². The number of aromatic nitrogens is 3. The molecule has 2 aromatic heterocycles. The van der Waals surface area contributed by atoms with E-state index in [4.69, 9.17) is 8.83 Å². The van der Waals surface area contributed by atoms with Gasteiger partial charge >= 0.3 is 0 Å². The van der Waals surface area contributed by atoms with Gasteiger partial charge in [0.25, 0.3) is 0 Å². The normalized spacial score (nSPS) is 10.8. The first-order valence-electron chi connectivity index (χ1n) is 9.27. The average molecular weight is 388 g/mol. The molecule has 146 valence electrons. The Morgan fingerprint density at radius 3 is 2.48 bits per heavy atom. The SMILES string of the molecule is Cc1ccccc1-c1nc(CC(=O)NCc2nnc(-c3ccccc3)o2)c(C)o1. The lowest BCUT2D eigenvalue weighted by molar-refractivity contribution is -0.120. The van der Waals surface area contributed by atoms with Crippen LogP contribution in [-0.4, -0.2) is 21.1 Å². The molecule has 0 fully saturated rings. The van der Waals surface area contributed by atoms with Gasteiger partial charge in [0, 0.05) is 11.1 Å². The third kappa shape index (κ3) is 4.24. The monoisotopic (exact) mass is 388 g/mol. The predicted octanol–water partition coefficient (Wildman–Crippen LogP) is 3.87. The van der Waals surface area contributed by atoms with Crippen molar-refractivity contribution in [3.05, 3.63) is 77.5 Å². The van der Waals surface area contributed by atoms with Gasteiger partial charge in [0.05, 0.1) is 18.7 Å². The summed E-state index contributed by atoms with van der Waals surface area (Å²) in [5.74, 6) is 1.72. The highest BCUT2D eigenvalue weighted by Crippen LogP contribution is 2.25. The van der Waals surface area contributed by atoms with Gasteiger partial charge in [-0.25, -0.2) is 4.98 Å². The van der Waals surface area contributed by atoms with Crippen molar-refractivity contribution in [1.29, 1.82) is 0 Å². The van der Waals surface area contributed by atoms with E-state index in [1.54, 1.807) is 0 Å². The van der Waals surface area contributed by atoms with E-state index in [0.29, 0.717) is 29.1 Å². The zero-order valence-electron chi connectivity index (χ0n) is 16.2. The smallest absolute Gasteiger partial charge is 0.247 e. The van der Waals surface area contributed by atoms with E-state index >= 15 is 0 Å². The second kappa shape index (κ2) is 8.10. The van der Waals surface area contributed by atoms with Crippen molar-refractivity contribution in [3.63, 3.8) is 0 Å². The van der Waals surface area contributed by atoms with Gasteiger partial charge < -0.3 is 14.2 Å². The van der Waals surface area contributed by atoms with Crippen molar-refractivity contribution < 1.29 is 13.6 Å². The third-order valence-corrected chi connectivity index (χ3v) is 4.52. The summed E-state index contributed by atoms with van der Waals surface area (Å²) in [5, 5.41) is 10.8. The van der Waals surface area contributed by atoms with Crippen LogP contribution >= 0.6 is 0 Å². The lowest BCUT2D eigenvalue weighted by Gasteiger charge is -2.01. The number of carbonyl (C=O) groups excluding carboxylic acids is 1. The summed E-state index contributed by atoms with van der Waals surface area (Å²) in [7, 11) is 0. The number of amides is 1. The number of benzene rings is 2. The second-order valence-corrected chi connectivity index (χ2v) is 6.66. The fraction of sp³-hybridized carbons (Fsp3) is 0.182. The average Bonchev–Trinajstić information content (AvgIpc) is 3.35. The number of oxazole rings is 1. The van der Waals surface area contributed by atoms with Crippen LogP contribution in [0.1, 0.15) is 22.9 Å². The minimum atomic E-state index is -0.197. The number of carbonyl (C=O) groups is 1. The van der Waals surface area contributed by atoms with Crippen LogP contribution in [0.2, 0.25) is 0 Å². The largest absolute Gasteiger partial charge is 0.441 e. The highest BCUT2D eigenvalue weighted by Gasteiger charge is 2.16. The van der Waals surface area contributed by atoms with Gasteiger partial charge in [-0.05, 0) is 37.6 Å². The molecule has 0 atom stereocenters. The molecule has 1 N–H and O–H groups in total. The number of hydrogen-bond donors (Lipinski definition) is 1. The molecule has 2 heterocycles. The molecule has 0 saturated heterocycles. The van der Waals surface area contributed by atoms with Crippen LogP contribution in [0.3, 0.4) is 0 Å². The van der Waals surface area contributed by atoms with Crippen LogP contribution in [0.25, 0.3) is 22.9 Å². The molecule has 0 aliphatic heterocycles. The van der Waals surface area contributed by atoms with Crippen molar-refractivity contribution in [3.8, 4) is 22.9 Å². The van der Waals surface area contributed by atoms with Crippen molar-refractivity contribution in [1.82, 2.24) is 20.5 Å². The molecule has 29 heavy (non-hydrogen) atoms. The van der Waals surface area contributed by atoms with Crippen molar-refractivity contribution in [2.24, 2.45) is 0 Å². The van der Waals surface area contributed by atoms with E-state index in [-0.39, 0.29) is 18.9 Å². The fourth-order valence-electron chi connectivity index (χ4n) is 2.93. The Kier molecular flexibility index (Phi) is 5.20. The number of nitrogens with zero attached hydrogens (tertiary/aromatic N) is 3. The van der Waals surface area contributed by atoms with E-state index in [1.807, 2.05) is 68.4 Å². The van der Waals surface area contributed by atoms with E-state index in [0.717, 1.165) is 16.7 Å². The minimum absolute atomic E-state index is 0.112. The summed E-state index contributed by atoms with van der Waals surface area (Å²) in [6, 6.07) is 17.3. The molecule has 0 aliphatic carbocycles. The fourth-order valence-corrected chi connectivity index (χ4v) is 2.93. The standard InChI is InChI=1S/C22H20N4O3/c1-14-8-6-7-11-17(14)22-24-18(15(2)28-22)12-19(27)23-13-20-25-26-21(29-20)16-9-4-3-5-10-16/h3-11H,12-13H2,1-2H3,(H,23,27). The number of nitrogens with one attached hydrogen (secondary N) is 1. The molecule has 0 spiro atoms. The Balaban J connectivity index is 1.38. The van der Waals surface area contributed by atoms with Crippen molar-refractivity contribution >= 4 is 5.91 Å². The van der Waals surface area contributed by atoms with Gasteiger partial charge in [-0.15, -0.1) is 10.2 Å². The molecule has 1 amide bonds. The maximum absolute atomic E-state index is 12.3. The number of aryl methyl sites for hydroxylation is 2. The zero-order valence-corrected chi connectivity index (χ0v) is 16.2. The van der Waals surface area contributed by atoms with Crippen LogP contribution in [0, 0.1) is 13.8 Å². The molecule has 4 aromatic rings. The van der Waals surface area contributed by atoms with Crippen LogP contribution < -0.4 is 5.32 Å². The van der Waals surface area contributed by atoms with Crippen LogP contribution in [0.4, 0.5) is 0 Å². The summed E-state index contributed by atoms with van der Waals surface area (Å²) < 4.78 is 11.4. The summed E-state index contributed by atoms with van der Waals surface area (Å²) >= 11 is 0. The number of rotatable bonds is 6. The van der Waals surface area contributed by atoms with Crippen molar-refractivity contribution in [2.75, 3.05) is 0 Å². The van der Waals surface area contributed by atoms with Gasteiger partial charge in [-0.1, -0.05) is 36.4 Å². The molecule has 4 rings (SSSR count). The van der Waals surface area contributed by atoms with E-state index < -0.39 is 0 Å². The Morgan fingerprint density at radius 1 is 0.931 bits per heavy atom. The lowest BCUT2D eigenvalue weighted by Crippen LogP contribution is -2.25. The van der Waals surface area contributed by atoms with Crippen LogP contribution in [0.15, 0.2) is 63.4 Å². The Hall–Kier alpha value is -3.74. The molecule has 0 radical (unpaired) electrons. The minimum Gasteiger partial charge on any atom is -0.441 e. The molecular weight excluding hydrogens is 368 g/mol. The predicted molar refractivity (Wildman–Crippen MR) is 107 cm³/mol. The van der Waals surface area contributed by atoms with Gasteiger partial charge in [-0.2, -0.15) is 0 Å². The Labute approximate surface area is 167 Å². The molecule has 0 unspecified atom stereocenters. The van der Waals surface area contributed by atoms with Crippen molar-refractivity contribution in [2.45, 2.75) is 26.8 Å². The highest BCUT2D eigenvalue weighted by molar-refractivity contribution is 5.78. The molecule has 2 aromatic carbocycles. The van der Waals surface area contributed by atoms with E-state index in [9.17, 15) is 4.79 Å². The second-order valence-electron chi connectivity index (χ2n) is 6.66. The van der Waals surface area contributed by atoms with E-state index in [1.165, 1.54) is 0 Å². The summed E-state index contributed by atoms with van der Waals surface area (Å²) in [6.45, 7) is 3.96. The Morgan fingerprint density at radius 2 is 1.69 bits per heavy atom. The molecule has 0 saturated carbocycles. The maximum Gasteiger partial charge on any atom is 0.247 e. The number of hydrogen-bond acceptors (Lipinski definition) is 6. The highest BCUT2D eigenvalue weighted by atomic mass is 16.4. The summed E-state index contributed by atoms with van der Waals surface area (Å²) in [4.78, 5) is 16.8. The van der Waals surface area contributed by atoms with Crippen LogP contribution in [-0.2, 0) is 17.8 Å². The molecule has 7 nitrogen and oxygen atoms in total. The first-order valence-corrected chi connectivity index (χ1v) is 9.27. The quantitative estimate of drug-likeness (QED) is 0.539. The van der Waals surface area contributed by atoms with Crippen LogP contribution in [0.5, 0.6) is 0 Å². The summed E-state index contributed by atoms with van der Waals surface area (Å²) in [5.41, 5.74) is 3.42. The topological polar surface area (TPSA) is 94.1 Å². The lowest BCUT2D eigenvalue weighted by atomic mass is 10.1. The Bertz CT molecular complexity index is 1130. The molecular formula is C22H20N4O3. The maximum atomic E-state index is 12.3. The van der Waals surface area contributed by atoms with Gasteiger partial charge in [-0.3, -0.25) is 4.79 Å². The first-order chi connectivity index (χ1) is 14.1. The van der Waals surface area contributed by atoms with Gasteiger partial charge in [0.15, 0.2) is 0 Å². The molecule has 0 aliphatic rings. The first kappa shape index (κ1) is 18.6. The third-order valence-electron chi connectivity index (χ3n) is 4.52. The zero-order chi connectivity index (χ0) is 20.2. The molecule has 7 heteroatoms. The van der Waals surface area contributed by atoms with Gasteiger partial charge in [0.1, 0.15) is 5.76 Å². The summed E-state index contributed by atoms with van der Waals surface area (Å²) in [6.07, 6.45) is 0.112.